The van der Waals surface area contributed by atoms with E-state index in [-0.39, 0.29) is 0 Å². The number of imidazole rings is 1. The first-order valence-corrected chi connectivity index (χ1v) is 4.68. The van der Waals surface area contributed by atoms with E-state index >= 15 is 0 Å². The second-order valence-electron chi connectivity index (χ2n) is 3.54. The Hall–Kier alpha value is -1.83. The highest BCUT2D eigenvalue weighted by atomic mass is 15.0. The van der Waals surface area contributed by atoms with E-state index in [0.717, 1.165) is 11.2 Å². The fourth-order valence-electron chi connectivity index (χ4n) is 1.77. The van der Waals surface area contributed by atoms with Gasteiger partial charge in [0.2, 0.25) is 0 Å². The molecule has 0 saturated heterocycles. The Labute approximate surface area is 81.8 Å². The van der Waals surface area contributed by atoms with Crippen LogP contribution in [0, 0.1) is 6.92 Å². The van der Waals surface area contributed by atoms with Crippen LogP contribution in [0.3, 0.4) is 0 Å². The van der Waals surface area contributed by atoms with E-state index in [1.165, 1.54) is 11.1 Å². The summed E-state index contributed by atoms with van der Waals surface area (Å²) < 4.78 is 2.13. The van der Waals surface area contributed by atoms with Crippen molar-refractivity contribution in [3.05, 3.63) is 48.2 Å². The molecule has 68 valence electrons. The average Bonchev–Trinajstić information content (AvgIpc) is 2.56. The topological polar surface area (TPSA) is 17.3 Å². The van der Waals surface area contributed by atoms with Gasteiger partial charge in [0, 0.05) is 6.20 Å². The summed E-state index contributed by atoms with van der Waals surface area (Å²) in [5.41, 5.74) is 4.49. The van der Waals surface area contributed by atoms with E-state index in [2.05, 4.69) is 40.7 Å². The van der Waals surface area contributed by atoms with Crippen LogP contribution in [-0.4, -0.2) is 9.38 Å². The fourth-order valence-corrected chi connectivity index (χ4v) is 1.77. The number of nitrogens with zero attached hydrogens (tertiary/aromatic N) is 2. The molecule has 0 radical (unpaired) electrons. The summed E-state index contributed by atoms with van der Waals surface area (Å²) in [4.78, 5) is 4.52. The van der Waals surface area contributed by atoms with Crippen molar-refractivity contribution in [1.29, 1.82) is 0 Å². The molecule has 0 amide bonds. The van der Waals surface area contributed by atoms with E-state index in [0.29, 0.717) is 0 Å². The SMILES string of the molecule is Cc1ccc2nc3ccccc3n2c1. The molecule has 0 fully saturated rings. The molecule has 0 bridgehead atoms. The molecule has 0 aliphatic heterocycles. The lowest BCUT2D eigenvalue weighted by atomic mass is 10.3. The highest BCUT2D eigenvalue weighted by Crippen LogP contribution is 2.16. The Morgan fingerprint density at radius 3 is 2.86 bits per heavy atom. The van der Waals surface area contributed by atoms with Crippen LogP contribution in [-0.2, 0) is 0 Å². The molecule has 0 unspecified atom stereocenters. The largest absolute Gasteiger partial charge is 0.299 e. The van der Waals surface area contributed by atoms with Crippen molar-refractivity contribution in [3.8, 4) is 0 Å². The molecule has 2 heteroatoms. The van der Waals surface area contributed by atoms with Gasteiger partial charge in [0.05, 0.1) is 11.0 Å². The van der Waals surface area contributed by atoms with Crippen LogP contribution in [0.4, 0.5) is 0 Å². The Kier molecular flexibility index (Phi) is 1.39. The molecular weight excluding hydrogens is 172 g/mol. The summed E-state index contributed by atoms with van der Waals surface area (Å²) in [6.45, 7) is 2.09. The second-order valence-corrected chi connectivity index (χ2v) is 3.54. The van der Waals surface area contributed by atoms with Gasteiger partial charge in [-0.3, -0.25) is 4.40 Å². The monoisotopic (exact) mass is 182 g/mol. The van der Waals surface area contributed by atoms with Gasteiger partial charge in [0.25, 0.3) is 0 Å². The number of benzene rings is 1. The normalized spacial score (nSPS) is 11.2. The fraction of sp³-hybridized carbons (Fsp3) is 0.0833. The predicted octanol–water partition coefficient (Wildman–Crippen LogP) is 2.80. The number of fused-ring (bicyclic) bond motifs is 3. The number of aryl methyl sites for hydroxylation is 1. The molecule has 0 saturated carbocycles. The van der Waals surface area contributed by atoms with Crippen molar-refractivity contribution in [3.63, 3.8) is 0 Å². The second kappa shape index (κ2) is 2.58. The number of hydrogen-bond acceptors (Lipinski definition) is 1. The van der Waals surface area contributed by atoms with E-state index in [1.54, 1.807) is 0 Å². The van der Waals surface area contributed by atoms with Crippen LogP contribution in [0.25, 0.3) is 16.7 Å². The number of rotatable bonds is 0. The third kappa shape index (κ3) is 0.940. The van der Waals surface area contributed by atoms with Gasteiger partial charge in [-0.15, -0.1) is 0 Å². The van der Waals surface area contributed by atoms with Crippen molar-refractivity contribution in [2.24, 2.45) is 0 Å². The van der Waals surface area contributed by atoms with Crippen molar-refractivity contribution in [2.45, 2.75) is 6.92 Å². The average molecular weight is 182 g/mol. The van der Waals surface area contributed by atoms with Gasteiger partial charge in [-0.05, 0) is 30.7 Å². The number of hydrogen-bond donors (Lipinski definition) is 0. The number of para-hydroxylation sites is 2. The zero-order chi connectivity index (χ0) is 9.54. The standard InChI is InChI=1S/C12H10N2/c1-9-6-7-12-13-10-4-2-3-5-11(10)14(12)8-9/h2-8H,1H3. The Morgan fingerprint density at radius 2 is 1.93 bits per heavy atom. The number of pyridine rings is 1. The molecule has 0 aliphatic carbocycles. The summed E-state index contributed by atoms with van der Waals surface area (Å²) in [5.74, 6) is 0. The molecule has 0 N–H and O–H groups in total. The zero-order valence-electron chi connectivity index (χ0n) is 7.94. The molecule has 1 aromatic carbocycles. The van der Waals surface area contributed by atoms with Crippen LogP contribution < -0.4 is 0 Å². The summed E-state index contributed by atoms with van der Waals surface area (Å²) in [6.07, 6.45) is 2.12. The summed E-state index contributed by atoms with van der Waals surface area (Å²) >= 11 is 0. The third-order valence-corrected chi connectivity index (χ3v) is 2.45. The minimum Gasteiger partial charge on any atom is -0.299 e. The first-order chi connectivity index (χ1) is 6.84. The molecule has 3 rings (SSSR count). The van der Waals surface area contributed by atoms with E-state index in [4.69, 9.17) is 0 Å². The highest BCUT2D eigenvalue weighted by Gasteiger charge is 2.01. The molecular formula is C12H10N2. The van der Waals surface area contributed by atoms with Crippen LogP contribution in [0.2, 0.25) is 0 Å². The quantitative estimate of drug-likeness (QED) is 0.522. The van der Waals surface area contributed by atoms with Crippen molar-refractivity contribution < 1.29 is 0 Å². The molecule has 2 heterocycles. The van der Waals surface area contributed by atoms with Crippen LogP contribution in [0.5, 0.6) is 0 Å². The summed E-state index contributed by atoms with van der Waals surface area (Å²) in [5, 5.41) is 0. The number of aromatic nitrogens is 2. The zero-order valence-corrected chi connectivity index (χ0v) is 7.94. The van der Waals surface area contributed by atoms with Gasteiger partial charge < -0.3 is 0 Å². The van der Waals surface area contributed by atoms with Gasteiger partial charge >= 0.3 is 0 Å². The first kappa shape index (κ1) is 7.56. The lowest BCUT2D eigenvalue weighted by Crippen LogP contribution is -1.84. The predicted molar refractivity (Wildman–Crippen MR) is 57.4 cm³/mol. The van der Waals surface area contributed by atoms with Crippen LogP contribution in [0.15, 0.2) is 42.6 Å². The van der Waals surface area contributed by atoms with Crippen LogP contribution in [0.1, 0.15) is 5.56 Å². The lowest BCUT2D eigenvalue weighted by molar-refractivity contribution is 1.19. The molecule has 0 atom stereocenters. The minimum atomic E-state index is 1.01. The Bertz CT molecular complexity index is 608. The van der Waals surface area contributed by atoms with Gasteiger partial charge in [-0.25, -0.2) is 4.98 Å². The molecule has 2 nitrogen and oxygen atoms in total. The lowest BCUT2D eigenvalue weighted by Gasteiger charge is -1.96. The maximum atomic E-state index is 4.52. The molecule has 0 spiro atoms. The van der Waals surface area contributed by atoms with E-state index in [1.807, 2.05) is 18.2 Å². The Morgan fingerprint density at radius 1 is 1.07 bits per heavy atom. The van der Waals surface area contributed by atoms with E-state index < -0.39 is 0 Å². The Balaban J connectivity index is 2.58. The highest BCUT2D eigenvalue weighted by molar-refractivity contribution is 5.80. The van der Waals surface area contributed by atoms with Gasteiger partial charge in [-0.1, -0.05) is 18.2 Å². The molecule has 3 aromatic rings. The smallest absolute Gasteiger partial charge is 0.137 e. The van der Waals surface area contributed by atoms with Crippen molar-refractivity contribution in [2.75, 3.05) is 0 Å². The molecule has 14 heavy (non-hydrogen) atoms. The third-order valence-electron chi connectivity index (χ3n) is 2.45. The van der Waals surface area contributed by atoms with Crippen molar-refractivity contribution in [1.82, 2.24) is 9.38 Å². The maximum absolute atomic E-state index is 4.52. The van der Waals surface area contributed by atoms with Gasteiger partial charge in [-0.2, -0.15) is 0 Å². The van der Waals surface area contributed by atoms with Crippen molar-refractivity contribution >= 4 is 16.7 Å². The summed E-state index contributed by atoms with van der Waals surface area (Å²) in [6, 6.07) is 12.3. The first-order valence-electron chi connectivity index (χ1n) is 4.68. The van der Waals surface area contributed by atoms with Gasteiger partial charge in [0.1, 0.15) is 5.65 Å². The van der Waals surface area contributed by atoms with E-state index in [9.17, 15) is 0 Å². The molecule has 2 aromatic heterocycles. The van der Waals surface area contributed by atoms with Crippen LogP contribution >= 0.6 is 0 Å². The minimum absolute atomic E-state index is 1.01. The summed E-state index contributed by atoms with van der Waals surface area (Å²) in [7, 11) is 0. The van der Waals surface area contributed by atoms with Gasteiger partial charge in [0.15, 0.2) is 0 Å². The molecule has 0 aliphatic rings. The maximum Gasteiger partial charge on any atom is 0.137 e.